The predicted molar refractivity (Wildman–Crippen MR) is 103 cm³/mol. The molecule has 2 aromatic heterocycles. The Balaban J connectivity index is 1.69. The summed E-state index contributed by atoms with van der Waals surface area (Å²) in [6.45, 7) is 3.79. The molecule has 0 bridgehead atoms. The Morgan fingerprint density at radius 3 is 2.63 bits per heavy atom. The van der Waals surface area contributed by atoms with E-state index in [-0.39, 0.29) is 12.3 Å². The van der Waals surface area contributed by atoms with Crippen molar-refractivity contribution in [1.29, 1.82) is 0 Å². The maximum atomic E-state index is 12.6. The van der Waals surface area contributed by atoms with E-state index in [9.17, 15) is 9.59 Å². The van der Waals surface area contributed by atoms with E-state index in [0.717, 1.165) is 22.6 Å². The number of aromatic nitrogens is 3. The van der Waals surface area contributed by atoms with E-state index in [1.165, 1.54) is 4.90 Å². The Kier molecular flexibility index (Phi) is 5.66. The van der Waals surface area contributed by atoms with Crippen molar-refractivity contribution >= 4 is 28.3 Å². The van der Waals surface area contributed by atoms with Crippen LogP contribution in [0.2, 0.25) is 0 Å². The zero-order valence-electron chi connectivity index (χ0n) is 15.4. The van der Waals surface area contributed by atoms with Crippen LogP contribution in [0.3, 0.4) is 0 Å². The Morgan fingerprint density at radius 1 is 1.26 bits per heavy atom. The average molecular weight is 384 g/mol. The van der Waals surface area contributed by atoms with Crippen LogP contribution >= 0.6 is 11.3 Å². The topological polar surface area (TPSA) is 77.3 Å². The van der Waals surface area contributed by atoms with Crippen LogP contribution in [-0.2, 0) is 16.0 Å². The van der Waals surface area contributed by atoms with E-state index >= 15 is 0 Å². The number of hydrogen-bond acceptors (Lipinski definition) is 6. The number of likely N-dealkylation sites (N-methyl/N-ethyl adjacent to an activating group) is 1. The molecule has 0 aliphatic heterocycles. The van der Waals surface area contributed by atoms with Gasteiger partial charge in [0.2, 0.25) is 5.91 Å². The van der Waals surface area contributed by atoms with Gasteiger partial charge in [-0.3, -0.25) is 9.69 Å². The molecule has 1 amide bonds. The summed E-state index contributed by atoms with van der Waals surface area (Å²) in [5, 5.41) is 4.66. The third-order valence-electron chi connectivity index (χ3n) is 3.97. The van der Waals surface area contributed by atoms with Crippen LogP contribution in [0.4, 0.5) is 5.13 Å². The van der Waals surface area contributed by atoms with Crippen molar-refractivity contribution in [3.05, 3.63) is 58.9 Å². The van der Waals surface area contributed by atoms with Crippen LogP contribution in [0.25, 0.3) is 5.69 Å². The first kappa shape index (κ1) is 18.8. The lowest BCUT2D eigenvalue weighted by molar-refractivity contribution is -0.117. The number of carbonyl (C=O) groups excluding carboxylic acids is 2. The number of rotatable bonds is 6. The fraction of sp³-hybridized carbons (Fsp3) is 0.263. The van der Waals surface area contributed by atoms with Crippen molar-refractivity contribution in [2.45, 2.75) is 20.3 Å². The molecule has 0 fully saturated rings. The lowest BCUT2D eigenvalue weighted by Gasteiger charge is -2.14. The number of benzene rings is 1. The minimum atomic E-state index is -0.409. The summed E-state index contributed by atoms with van der Waals surface area (Å²) in [6.07, 6.45) is 3.82. The summed E-state index contributed by atoms with van der Waals surface area (Å²) in [6, 6.07) is 9.50. The zero-order chi connectivity index (χ0) is 19.4. The van der Waals surface area contributed by atoms with Gasteiger partial charge in [-0.05, 0) is 37.6 Å². The molecule has 3 rings (SSSR count). The average Bonchev–Trinajstić information content (AvgIpc) is 3.32. The molecule has 8 heteroatoms. The van der Waals surface area contributed by atoms with Gasteiger partial charge in [-0.15, -0.1) is 0 Å². The van der Waals surface area contributed by atoms with Gasteiger partial charge < -0.3 is 4.74 Å². The lowest BCUT2D eigenvalue weighted by Crippen LogP contribution is -2.27. The standard InChI is InChI=1S/C19H20N4O3S/c1-4-26-18(25)17-13(2)21-19(27-17)22(3)16(24)12-14-6-8-15(9-7-14)23-11-5-10-20-23/h5-11H,4,12H2,1-3H3. The van der Waals surface area contributed by atoms with Crippen molar-refractivity contribution in [2.75, 3.05) is 18.6 Å². The second kappa shape index (κ2) is 8.13. The van der Waals surface area contributed by atoms with E-state index in [1.54, 1.807) is 31.8 Å². The molecule has 0 N–H and O–H groups in total. The molecule has 2 heterocycles. The number of nitrogens with zero attached hydrogens (tertiary/aromatic N) is 4. The molecular weight excluding hydrogens is 364 g/mol. The Labute approximate surface area is 161 Å². The molecule has 0 aliphatic carbocycles. The van der Waals surface area contributed by atoms with E-state index in [4.69, 9.17) is 4.74 Å². The lowest BCUT2D eigenvalue weighted by atomic mass is 10.1. The van der Waals surface area contributed by atoms with Crippen LogP contribution in [0, 0.1) is 6.92 Å². The number of aryl methyl sites for hydroxylation is 1. The summed E-state index contributed by atoms with van der Waals surface area (Å²) in [5.74, 6) is -0.514. The number of carbonyl (C=O) groups is 2. The van der Waals surface area contributed by atoms with Crippen molar-refractivity contribution < 1.29 is 14.3 Å². The zero-order valence-corrected chi connectivity index (χ0v) is 16.2. The molecule has 0 radical (unpaired) electrons. The highest BCUT2D eigenvalue weighted by Crippen LogP contribution is 2.26. The van der Waals surface area contributed by atoms with Crippen molar-refractivity contribution in [3.8, 4) is 5.69 Å². The van der Waals surface area contributed by atoms with Gasteiger partial charge in [0.25, 0.3) is 0 Å². The van der Waals surface area contributed by atoms with Crippen molar-refractivity contribution in [3.63, 3.8) is 0 Å². The molecule has 3 aromatic rings. The second-order valence-corrected chi connectivity index (χ2v) is 6.86. The van der Waals surface area contributed by atoms with E-state index in [2.05, 4.69) is 10.1 Å². The normalized spacial score (nSPS) is 10.6. The number of amides is 1. The third kappa shape index (κ3) is 4.22. The second-order valence-electron chi connectivity index (χ2n) is 5.88. The van der Waals surface area contributed by atoms with Crippen LogP contribution in [0.5, 0.6) is 0 Å². The summed E-state index contributed by atoms with van der Waals surface area (Å²) in [4.78, 5) is 30.8. The van der Waals surface area contributed by atoms with Gasteiger partial charge in [-0.25, -0.2) is 14.5 Å². The highest BCUT2D eigenvalue weighted by Gasteiger charge is 2.21. The molecular formula is C19H20N4O3S. The van der Waals surface area contributed by atoms with E-state index in [0.29, 0.717) is 22.3 Å². The first-order valence-corrected chi connectivity index (χ1v) is 9.31. The van der Waals surface area contributed by atoms with Crippen LogP contribution in [0.15, 0.2) is 42.7 Å². The monoisotopic (exact) mass is 384 g/mol. The highest BCUT2D eigenvalue weighted by molar-refractivity contribution is 7.17. The molecule has 1 aromatic carbocycles. The first-order valence-electron chi connectivity index (χ1n) is 8.49. The molecule has 0 aliphatic rings. The summed E-state index contributed by atoms with van der Waals surface area (Å²) in [7, 11) is 1.66. The Hall–Kier alpha value is -3.00. The van der Waals surface area contributed by atoms with Gasteiger partial charge in [0.1, 0.15) is 4.88 Å². The molecule has 27 heavy (non-hydrogen) atoms. The predicted octanol–water partition coefficient (Wildman–Crippen LogP) is 3.02. The summed E-state index contributed by atoms with van der Waals surface area (Å²) >= 11 is 1.16. The number of anilines is 1. The van der Waals surface area contributed by atoms with Gasteiger partial charge in [0, 0.05) is 19.4 Å². The van der Waals surface area contributed by atoms with Crippen molar-refractivity contribution in [2.24, 2.45) is 0 Å². The molecule has 0 saturated carbocycles. The van der Waals surface area contributed by atoms with E-state index in [1.807, 2.05) is 36.5 Å². The van der Waals surface area contributed by atoms with Gasteiger partial charge in [-0.2, -0.15) is 5.10 Å². The minimum Gasteiger partial charge on any atom is -0.462 e. The van der Waals surface area contributed by atoms with Gasteiger partial charge in [0.05, 0.1) is 24.4 Å². The number of ether oxygens (including phenoxy) is 1. The fourth-order valence-electron chi connectivity index (χ4n) is 2.50. The summed E-state index contributed by atoms with van der Waals surface area (Å²) in [5.41, 5.74) is 2.39. The minimum absolute atomic E-state index is 0.106. The van der Waals surface area contributed by atoms with Gasteiger partial charge in [-0.1, -0.05) is 23.5 Å². The first-order chi connectivity index (χ1) is 13.0. The molecule has 0 unspecified atom stereocenters. The third-order valence-corrected chi connectivity index (χ3v) is 5.18. The molecule has 0 atom stereocenters. The van der Waals surface area contributed by atoms with Crippen LogP contribution in [-0.4, -0.2) is 40.3 Å². The van der Waals surface area contributed by atoms with E-state index < -0.39 is 5.97 Å². The molecule has 0 saturated heterocycles. The van der Waals surface area contributed by atoms with Crippen molar-refractivity contribution in [1.82, 2.24) is 14.8 Å². The largest absolute Gasteiger partial charge is 0.462 e. The summed E-state index contributed by atoms with van der Waals surface area (Å²) < 4.78 is 6.78. The maximum Gasteiger partial charge on any atom is 0.350 e. The Morgan fingerprint density at radius 2 is 2.00 bits per heavy atom. The molecule has 0 spiro atoms. The Bertz CT molecular complexity index is 933. The van der Waals surface area contributed by atoms with Crippen LogP contribution < -0.4 is 4.90 Å². The van der Waals surface area contributed by atoms with Gasteiger partial charge in [0.15, 0.2) is 5.13 Å². The SMILES string of the molecule is CCOC(=O)c1sc(N(C)C(=O)Cc2ccc(-n3cccn3)cc2)nc1C. The molecule has 7 nitrogen and oxygen atoms in total. The smallest absolute Gasteiger partial charge is 0.350 e. The maximum absolute atomic E-state index is 12.6. The number of thiazole rings is 1. The number of hydrogen-bond donors (Lipinski definition) is 0. The quantitative estimate of drug-likeness (QED) is 0.611. The van der Waals surface area contributed by atoms with Crippen LogP contribution in [0.1, 0.15) is 27.9 Å². The fourth-order valence-corrected chi connectivity index (χ4v) is 3.44. The molecule has 140 valence electrons. The number of esters is 1. The van der Waals surface area contributed by atoms with Gasteiger partial charge >= 0.3 is 5.97 Å². The highest BCUT2D eigenvalue weighted by atomic mass is 32.1.